The van der Waals surface area contributed by atoms with Crippen molar-refractivity contribution >= 4 is 39.3 Å². The molecule has 0 radical (unpaired) electrons. The lowest BCUT2D eigenvalue weighted by atomic mass is 9.94. The maximum Gasteiger partial charge on any atom is 0.263 e. The number of benzene rings is 2. The van der Waals surface area contributed by atoms with E-state index in [1.807, 2.05) is 19.1 Å². The number of carbonyl (C=O) groups excluding carboxylic acids is 2. The topological polar surface area (TPSA) is 134 Å². The van der Waals surface area contributed by atoms with Gasteiger partial charge in [-0.25, -0.2) is 8.42 Å². The van der Waals surface area contributed by atoms with Crippen molar-refractivity contribution in [2.24, 2.45) is 0 Å². The number of nitrogens with one attached hydrogen (secondary N) is 3. The largest absolute Gasteiger partial charge is 0.358 e. The second-order valence-electron chi connectivity index (χ2n) is 10.5. The van der Waals surface area contributed by atoms with Crippen LogP contribution in [0, 0.1) is 6.92 Å². The van der Waals surface area contributed by atoms with Crippen molar-refractivity contribution in [3.63, 3.8) is 0 Å². The molecule has 1 aliphatic carbocycles. The third-order valence-corrected chi connectivity index (χ3v) is 9.20. The minimum absolute atomic E-state index is 0.00913. The average Bonchev–Trinajstić information content (AvgIpc) is 3.55. The summed E-state index contributed by atoms with van der Waals surface area (Å²) in [5, 5.41) is 10.2. The molecule has 12 heteroatoms. The van der Waals surface area contributed by atoms with Crippen LogP contribution in [0.3, 0.4) is 0 Å². The Bertz CT molecular complexity index is 1530. The molecule has 3 N–H and O–H groups in total. The number of rotatable bonds is 11. The van der Waals surface area contributed by atoms with Gasteiger partial charge in [-0.1, -0.05) is 72.9 Å². The predicted molar refractivity (Wildman–Crippen MR) is 158 cm³/mol. The van der Waals surface area contributed by atoms with Gasteiger partial charge in [0, 0.05) is 26.2 Å². The SMILES string of the molecule is CCNC1(C(=O)NCc2ccc(-c3ccccc3S(=O)(=O)Nc3noc(C)c3Cl)c(CC(=O)N(C)C)c2)CCCC1. The molecular formula is C29H36ClN5O5S. The van der Waals surface area contributed by atoms with Crippen LogP contribution in [0.5, 0.6) is 0 Å². The number of sulfonamides is 1. The highest BCUT2D eigenvalue weighted by atomic mass is 35.5. The summed E-state index contributed by atoms with van der Waals surface area (Å²) in [7, 11) is -0.800. The van der Waals surface area contributed by atoms with Gasteiger partial charge in [-0.2, -0.15) is 0 Å². The minimum Gasteiger partial charge on any atom is -0.358 e. The number of carbonyl (C=O) groups is 2. The van der Waals surface area contributed by atoms with E-state index in [0.717, 1.165) is 31.2 Å². The van der Waals surface area contributed by atoms with Crippen LogP contribution in [-0.2, 0) is 32.6 Å². The Morgan fingerprint density at radius 1 is 1.10 bits per heavy atom. The van der Waals surface area contributed by atoms with Crippen molar-refractivity contribution in [3.8, 4) is 11.1 Å². The van der Waals surface area contributed by atoms with Gasteiger partial charge in [0.1, 0.15) is 5.02 Å². The quantitative estimate of drug-likeness (QED) is 0.299. The predicted octanol–water partition coefficient (Wildman–Crippen LogP) is 4.27. The van der Waals surface area contributed by atoms with Crippen LogP contribution < -0.4 is 15.4 Å². The van der Waals surface area contributed by atoms with Crippen LogP contribution in [0.15, 0.2) is 51.9 Å². The zero-order valence-corrected chi connectivity index (χ0v) is 25.3. The molecule has 0 spiro atoms. The Balaban J connectivity index is 1.68. The summed E-state index contributed by atoms with van der Waals surface area (Å²) in [5.74, 6) is 0.00345. The summed E-state index contributed by atoms with van der Waals surface area (Å²) >= 11 is 6.15. The second-order valence-corrected chi connectivity index (χ2v) is 12.5. The molecule has 0 saturated heterocycles. The standard InChI is InChI=1S/C29H36ClN5O5S/c1-5-32-29(14-8-9-15-29)28(37)31-18-20-12-13-22(21(16-20)17-25(36)35(3)4)23-10-6-7-11-24(23)41(38,39)34-27-26(30)19(2)40-33-27/h6-7,10-13,16,32H,5,8-9,14-15,17-18H2,1-4H3,(H,31,37)(H,33,34). The molecule has 10 nitrogen and oxygen atoms in total. The highest BCUT2D eigenvalue weighted by molar-refractivity contribution is 7.92. The number of hydrogen-bond acceptors (Lipinski definition) is 7. The lowest BCUT2D eigenvalue weighted by Gasteiger charge is -2.28. The number of amides is 2. The zero-order chi connectivity index (χ0) is 29.8. The Morgan fingerprint density at radius 2 is 1.80 bits per heavy atom. The highest BCUT2D eigenvalue weighted by Crippen LogP contribution is 2.34. The Hall–Kier alpha value is -3.41. The molecule has 2 aromatic carbocycles. The van der Waals surface area contributed by atoms with Crippen molar-refractivity contribution in [3.05, 3.63) is 64.4 Å². The molecule has 1 heterocycles. The molecule has 1 fully saturated rings. The van der Waals surface area contributed by atoms with Gasteiger partial charge in [0.05, 0.1) is 16.9 Å². The molecule has 4 rings (SSSR count). The van der Waals surface area contributed by atoms with Crippen molar-refractivity contribution in [1.29, 1.82) is 0 Å². The second kappa shape index (κ2) is 12.6. The first-order chi connectivity index (χ1) is 19.5. The van der Waals surface area contributed by atoms with Gasteiger partial charge < -0.3 is 20.1 Å². The molecule has 0 atom stereocenters. The molecule has 41 heavy (non-hydrogen) atoms. The fourth-order valence-corrected chi connectivity index (χ4v) is 6.57. The Kier molecular flexibility index (Phi) is 9.41. The number of aromatic nitrogens is 1. The number of likely N-dealkylation sites (N-methyl/N-ethyl adjacent to an activating group) is 2. The van der Waals surface area contributed by atoms with Crippen LogP contribution >= 0.6 is 11.6 Å². The lowest BCUT2D eigenvalue weighted by Crippen LogP contribution is -2.54. The van der Waals surface area contributed by atoms with Crippen LogP contribution in [-0.4, -0.2) is 56.5 Å². The van der Waals surface area contributed by atoms with E-state index in [1.165, 1.54) is 11.0 Å². The van der Waals surface area contributed by atoms with Gasteiger partial charge in [0.15, 0.2) is 5.76 Å². The van der Waals surface area contributed by atoms with E-state index in [1.54, 1.807) is 45.3 Å². The number of anilines is 1. The normalized spacial score (nSPS) is 14.6. The maximum atomic E-state index is 13.5. The number of aryl methyl sites for hydroxylation is 1. The van der Waals surface area contributed by atoms with E-state index >= 15 is 0 Å². The van der Waals surface area contributed by atoms with Crippen LogP contribution in [0.4, 0.5) is 5.82 Å². The van der Waals surface area contributed by atoms with Crippen molar-refractivity contribution in [1.82, 2.24) is 20.7 Å². The third-order valence-electron chi connectivity index (χ3n) is 7.36. The van der Waals surface area contributed by atoms with E-state index in [9.17, 15) is 18.0 Å². The van der Waals surface area contributed by atoms with Crippen LogP contribution in [0.1, 0.15) is 49.5 Å². The van der Waals surface area contributed by atoms with E-state index in [0.29, 0.717) is 23.2 Å². The van der Waals surface area contributed by atoms with Gasteiger partial charge in [0.25, 0.3) is 10.0 Å². The number of halogens is 1. The molecule has 220 valence electrons. The van der Waals surface area contributed by atoms with E-state index in [-0.39, 0.29) is 46.3 Å². The van der Waals surface area contributed by atoms with Gasteiger partial charge in [-0.15, -0.1) is 0 Å². The number of nitrogens with zero attached hydrogens (tertiary/aromatic N) is 2. The van der Waals surface area contributed by atoms with E-state index in [4.69, 9.17) is 16.1 Å². The molecule has 0 aliphatic heterocycles. The molecule has 0 bridgehead atoms. The lowest BCUT2D eigenvalue weighted by molar-refractivity contribution is -0.128. The van der Waals surface area contributed by atoms with Crippen LogP contribution in [0.25, 0.3) is 11.1 Å². The molecule has 1 aromatic heterocycles. The summed E-state index contributed by atoms with van der Waals surface area (Å²) < 4.78 is 34.3. The molecule has 3 aromatic rings. The summed E-state index contributed by atoms with van der Waals surface area (Å²) in [5.41, 5.74) is 1.88. The maximum absolute atomic E-state index is 13.5. The van der Waals surface area contributed by atoms with Crippen molar-refractivity contribution in [2.45, 2.75) is 62.9 Å². The Morgan fingerprint density at radius 3 is 2.44 bits per heavy atom. The fourth-order valence-electron chi connectivity index (χ4n) is 5.17. The monoisotopic (exact) mass is 601 g/mol. The smallest absolute Gasteiger partial charge is 0.263 e. The van der Waals surface area contributed by atoms with Crippen LogP contribution in [0.2, 0.25) is 5.02 Å². The van der Waals surface area contributed by atoms with Gasteiger partial charge in [-0.05, 0) is 49.1 Å². The van der Waals surface area contributed by atoms with Crippen molar-refractivity contribution < 1.29 is 22.5 Å². The average molecular weight is 602 g/mol. The summed E-state index contributed by atoms with van der Waals surface area (Å²) in [4.78, 5) is 27.5. The Labute approximate surface area is 245 Å². The molecule has 1 saturated carbocycles. The molecule has 1 aliphatic rings. The first-order valence-electron chi connectivity index (χ1n) is 13.6. The summed E-state index contributed by atoms with van der Waals surface area (Å²) in [6.07, 6.45) is 3.65. The van der Waals surface area contributed by atoms with Gasteiger partial charge >= 0.3 is 0 Å². The minimum atomic E-state index is -4.13. The van der Waals surface area contributed by atoms with Gasteiger partial charge in [-0.3, -0.25) is 14.3 Å². The van der Waals surface area contributed by atoms with E-state index < -0.39 is 15.6 Å². The summed E-state index contributed by atoms with van der Waals surface area (Å²) in [6, 6.07) is 12.0. The fraction of sp³-hybridized carbons (Fsp3) is 0.414. The van der Waals surface area contributed by atoms with Crippen molar-refractivity contribution in [2.75, 3.05) is 25.4 Å². The van der Waals surface area contributed by atoms with Gasteiger partial charge in [0.2, 0.25) is 17.6 Å². The third kappa shape index (κ3) is 6.74. The van der Waals surface area contributed by atoms with E-state index in [2.05, 4.69) is 20.5 Å². The highest BCUT2D eigenvalue weighted by Gasteiger charge is 2.40. The summed E-state index contributed by atoms with van der Waals surface area (Å²) in [6.45, 7) is 4.56. The molecule has 2 amide bonds. The first kappa shape index (κ1) is 30.5. The molecular weight excluding hydrogens is 566 g/mol. The number of hydrogen-bond donors (Lipinski definition) is 3. The zero-order valence-electron chi connectivity index (χ0n) is 23.7. The first-order valence-corrected chi connectivity index (χ1v) is 15.4. The molecule has 0 unspecified atom stereocenters.